The van der Waals surface area contributed by atoms with Gasteiger partial charge in [0.15, 0.2) is 5.78 Å². The third-order valence-electron chi connectivity index (χ3n) is 1.99. The number of rotatable bonds is 3. The van der Waals surface area contributed by atoms with E-state index in [2.05, 4.69) is 0 Å². The fourth-order valence-electron chi connectivity index (χ4n) is 1.10. The first-order valence-corrected chi connectivity index (χ1v) is 5.05. The molecule has 0 saturated carbocycles. The van der Waals surface area contributed by atoms with Crippen LogP contribution in [0, 0.1) is 0 Å². The highest BCUT2D eigenvalue weighted by Gasteiger charge is 2.39. The maximum absolute atomic E-state index is 11.8. The zero-order valence-electron chi connectivity index (χ0n) is 9.45. The molecule has 8 heteroatoms. The molecule has 1 aromatic carbocycles. The number of halogens is 3. The lowest BCUT2D eigenvalue weighted by atomic mass is 10.1. The lowest BCUT2D eigenvalue weighted by Gasteiger charge is -2.08. The van der Waals surface area contributed by atoms with Gasteiger partial charge in [-0.3, -0.25) is 14.9 Å². The van der Waals surface area contributed by atoms with Crippen LogP contribution >= 0.6 is 0 Å². The molecule has 0 aliphatic heterocycles. The standard InChI is InChI=1S/C11H9F3N2O3/c12-11(13,14)9(18)16-10(19)15-6-8(17)7-4-2-1-3-5-7/h1-5H,6H2,(H2,15,16,18,19). The first kappa shape index (κ1) is 14.7. The Morgan fingerprint density at radius 3 is 2.16 bits per heavy atom. The third-order valence-corrected chi connectivity index (χ3v) is 1.99. The summed E-state index contributed by atoms with van der Waals surface area (Å²) in [6.45, 7) is -0.513. The molecule has 0 unspecified atom stereocenters. The molecule has 0 aliphatic carbocycles. The molecule has 0 aromatic heterocycles. The molecule has 0 aliphatic rings. The summed E-state index contributed by atoms with van der Waals surface area (Å²) in [7, 11) is 0. The van der Waals surface area contributed by atoms with Crippen molar-refractivity contribution in [3.05, 3.63) is 35.9 Å². The largest absolute Gasteiger partial charge is 0.471 e. The van der Waals surface area contributed by atoms with E-state index >= 15 is 0 Å². The molecular weight excluding hydrogens is 265 g/mol. The van der Waals surface area contributed by atoms with Gasteiger partial charge in [0.1, 0.15) is 0 Å². The number of urea groups is 1. The number of carbonyl (C=O) groups is 3. The molecule has 5 nitrogen and oxygen atoms in total. The van der Waals surface area contributed by atoms with Crippen molar-refractivity contribution in [1.82, 2.24) is 10.6 Å². The van der Waals surface area contributed by atoms with Crippen LogP contribution in [0.5, 0.6) is 0 Å². The molecule has 1 rings (SSSR count). The summed E-state index contributed by atoms with van der Waals surface area (Å²) < 4.78 is 35.4. The number of hydrogen-bond acceptors (Lipinski definition) is 3. The predicted molar refractivity (Wildman–Crippen MR) is 58.4 cm³/mol. The van der Waals surface area contributed by atoms with Crippen molar-refractivity contribution in [2.75, 3.05) is 6.54 Å². The van der Waals surface area contributed by atoms with Crippen LogP contribution in [-0.2, 0) is 4.79 Å². The minimum absolute atomic E-state index is 0.296. The van der Waals surface area contributed by atoms with E-state index in [-0.39, 0.29) is 0 Å². The van der Waals surface area contributed by atoms with Gasteiger partial charge in [0, 0.05) is 5.56 Å². The normalized spacial score (nSPS) is 10.7. The Kier molecular flexibility index (Phi) is 4.62. The molecule has 0 bridgehead atoms. The van der Waals surface area contributed by atoms with Gasteiger partial charge in [-0.25, -0.2) is 4.79 Å². The van der Waals surface area contributed by atoms with Gasteiger partial charge in [-0.05, 0) is 0 Å². The topological polar surface area (TPSA) is 75.3 Å². The molecule has 0 spiro atoms. The maximum atomic E-state index is 11.8. The Morgan fingerprint density at radius 1 is 1.05 bits per heavy atom. The molecule has 102 valence electrons. The number of benzene rings is 1. The Balaban J connectivity index is 2.43. The van der Waals surface area contributed by atoms with Crippen LogP contribution in [-0.4, -0.2) is 30.4 Å². The van der Waals surface area contributed by atoms with Crippen molar-refractivity contribution in [1.29, 1.82) is 0 Å². The highest BCUT2D eigenvalue weighted by atomic mass is 19.4. The fraction of sp³-hybridized carbons (Fsp3) is 0.182. The summed E-state index contributed by atoms with van der Waals surface area (Å²) in [5, 5.41) is 2.92. The van der Waals surface area contributed by atoms with Gasteiger partial charge in [0.2, 0.25) is 0 Å². The highest BCUT2D eigenvalue weighted by Crippen LogP contribution is 2.13. The molecule has 0 radical (unpaired) electrons. The number of hydrogen-bond donors (Lipinski definition) is 2. The summed E-state index contributed by atoms with van der Waals surface area (Å²) in [6, 6.07) is 6.47. The van der Waals surface area contributed by atoms with Crippen LogP contribution in [0.4, 0.5) is 18.0 Å². The number of imide groups is 1. The second kappa shape index (κ2) is 5.98. The monoisotopic (exact) mass is 274 g/mol. The SMILES string of the molecule is O=C(NCC(=O)c1ccccc1)NC(=O)C(F)(F)F. The summed E-state index contributed by atoms with van der Waals surface area (Å²) in [4.78, 5) is 32.8. The lowest BCUT2D eigenvalue weighted by Crippen LogP contribution is -2.46. The minimum atomic E-state index is -5.15. The molecule has 0 saturated heterocycles. The average Bonchev–Trinajstić information content (AvgIpc) is 2.35. The second-order valence-corrected chi connectivity index (χ2v) is 3.42. The van der Waals surface area contributed by atoms with Gasteiger partial charge in [-0.15, -0.1) is 0 Å². The Hall–Kier alpha value is -2.38. The van der Waals surface area contributed by atoms with Crippen molar-refractivity contribution >= 4 is 17.7 Å². The Bertz CT molecular complexity index is 486. The summed E-state index contributed by atoms with van der Waals surface area (Å²) in [6.07, 6.45) is -5.15. The van der Waals surface area contributed by atoms with E-state index in [0.29, 0.717) is 5.56 Å². The molecule has 0 fully saturated rings. The number of nitrogens with one attached hydrogen (secondary N) is 2. The quantitative estimate of drug-likeness (QED) is 0.815. The van der Waals surface area contributed by atoms with Crippen molar-refractivity contribution in [2.24, 2.45) is 0 Å². The number of carbonyl (C=O) groups excluding carboxylic acids is 3. The zero-order valence-corrected chi connectivity index (χ0v) is 9.45. The summed E-state index contributed by atoms with van der Waals surface area (Å²) >= 11 is 0. The van der Waals surface area contributed by atoms with E-state index in [1.54, 1.807) is 18.2 Å². The molecule has 0 heterocycles. The van der Waals surface area contributed by atoms with Crippen LogP contribution in [0.1, 0.15) is 10.4 Å². The number of Topliss-reactive ketones (excluding diaryl/α,β-unsaturated/α-hetero) is 1. The summed E-state index contributed by atoms with van der Waals surface area (Å²) in [5.41, 5.74) is 0.296. The van der Waals surface area contributed by atoms with Crippen molar-refractivity contribution in [2.45, 2.75) is 6.18 Å². The maximum Gasteiger partial charge on any atom is 0.471 e. The molecular formula is C11H9F3N2O3. The number of ketones is 1. The van der Waals surface area contributed by atoms with Gasteiger partial charge >= 0.3 is 18.1 Å². The van der Waals surface area contributed by atoms with Crippen LogP contribution in [0.2, 0.25) is 0 Å². The fourth-order valence-corrected chi connectivity index (χ4v) is 1.10. The molecule has 1 aromatic rings. The van der Waals surface area contributed by atoms with Gasteiger partial charge in [0.25, 0.3) is 0 Å². The van der Waals surface area contributed by atoms with Gasteiger partial charge < -0.3 is 5.32 Å². The average molecular weight is 274 g/mol. The smallest absolute Gasteiger partial charge is 0.330 e. The molecule has 19 heavy (non-hydrogen) atoms. The van der Waals surface area contributed by atoms with E-state index in [0.717, 1.165) is 5.32 Å². The first-order valence-electron chi connectivity index (χ1n) is 5.05. The van der Waals surface area contributed by atoms with Crippen molar-refractivity contribution < 1.29 is 27.6 Å². The van der Waals surface area contributed by atoms with Crippen LogP contribution in [0.3, 0.4) is 0 Å². The van der Waals surface area contributed by atoms with E-state index in [1.807, 2.05) is 5.32 Å². The number of amides is 3. The van der Waals surface area contributed by atoms with Crippen LogP contribution in [0.15, 0.2) is 30.3 Å². The molecule has 3 amide bonds. The van der Waals surface area contributed by atoms with Crippen molar-refractivity contribution in [3.63, 3.8) is 0 Å². The van der Waals surface area contributed by atoms with E-state index in [1.165, 1.54) is 12.1 Å². The lowest BCUT2D eigenvalue weighted by molar-refractivity contribution is -0.172. The Morgan fingerprint density at radius 2 is 1.63 bits per heavy atom. The predicted octanol–water partition coefficient (Wildman–Crippen LogP) is 1.26. The molecule has 2 N–H and O–H groups in total. The van der Waals surface area contributed by atoms with Gasteiger partial charge in [0.05, 0.1) is 6.54 Å². The van der Waals surface area contributed by atoms with Gasteiger partial charge in [-0.1, -0.05) is 30.3 Å². The van der Waals surface area contributed by atoms with E-state index < -0.39 is 30.4 Å². The third kappa shape index (κ3) is 4.78. The first-order chi connectivity index (χ1) is 8.80. The molecule has 0 atom stereocenters. The number of alkyl halides is 3. The zero-order chi connectivity index (χ0) is 14.5. The second-order valence-electron chi connectivity index (χ2n) is 3.42. The Labute approximate surface area is 105 Å². The minimum Gasteiger partial charge on any atom is -0.330 e. The van der Waals surface area contributed by atoms with Crippen molar-refractivity contribution in [3.8, 4) is 0 Å². The highest BCUT2D eigenvalue weighted by molar-refractivity contribution is 6.01. The summed E-state index contributed by atoms with van der Waals surface area (Å²) in [5.74, 6) is -2.88. The van der Waals surface area contributed by atoms with E-state index in [9.17, 15) is 27.6 Å². The van der Waals surface area contributed by atoms with Crippen LogP contribution in [0.25, 0.3) is 0 Å². The van der Waals surface area contributed by atoms with Crippen LogP contribution < -0.4 is 10.6 Å². The van der Waals surface area contributed by atoms with Gasteiger partial charge in [-0.2, -0.15) is 13.2 Å². The van der Waals surface area contributed by atoms with E-state index in [4.69, 9.17) is 0 Å².